The summed E-state index contributed by atoms with van der Waals surface area (Å²) in [5.74, 6) is -5.48. The third-order valence-corrected chi connectivity index (χ3v) is 8.14. The lowest BCUT2D eigenvalue weighted by molar-refractivity contribution is -0.119. The number of aliphatic hydroxyl groups is 1. The molecule has 1 aliphatic heterocycles. The van der Waals surface area contributed by atoms with Gasteiger partial charge in [0.2, 0.25) is 11.8 Å². The van der Waals surface area contributed by atoms with Crippen molar-refractivity contribution in [1.29, 1.82) is 0 Å². The fourth-order valence-electron chi connectivity index (χ4n) is 6.01. The van der Waals surface area contributed by atoms with E-state index in [9.17, 15) is 32.3 Å². The van der Waals surface area contributed by atoms with Crippen molar-refractivity contribution in [2.45, 2.75) is 82.3 Å². The summed E-state index contributed by atoms with van der Waals surface area (Å²) in [5, 5.41) is 20.6. The van der Waals surface area contributed by atoms with Crippen molar-refractivity contribution in [3.05, 3.63) is 35.4 Å². The maximum Gasteiger partial charge on any atom is 0.317 e. The number of piperidine rings is 1. The number of alkyl halides is 2. The Bertz CT molecular complexity index is 972. The van der Waals surface area contributed by atoms with Crippen LogP contribution < -0.4 is 16.0 Å². The van der Waals surface area contributed by atoms with E-state index in [2.05, 4.69) is 16.0 Å². The third-order valence-electron chi connectivity index (χ3n) is 8.14. The quantitative estimate of drug-likeness (QED) is 0.241. The summed E-state index contributed by atoms with van der Waals surface area (Å²) in [7, 11) is 1.76. The number of nitrogens with one attached hydrogen (secondary N) is 3. The number of benzene rings is 1. The van der Waals surface area contributed by atoms with E-state index >= 15 is 0 Å². The zero-order chi connectivity index (χ0) is 28.6. The minimum Gasteiger partial charge on any atom is -0.385 e. The van der Waals surface area contributed by atoms with Gasteiger partial charge in [0, 0.05) is 63.5 Å². The summed E-state index contributed by atoms with van der Waals surface area (Å²) in [6.45, 7) is 2.71. The van der Waals surface area contributed by atoms with Crippen LogP contribution in [0, 0.1) is 23.5 Å². The van der Waals surface area contributed by atoms with Gasteiger partial charge in [0.1, 0.15) is 0 Å². The van der Waals surface area contributed by atoms with Gasteiger partial charge in [-0.05, 0) is 64.0 Å². The summed E-state index contributed by atoms with van der Waals surface area (Å²) in [4.78, 5) is 26.2. The molecule has 0 aromatic heterocycles. The molecule has 1 heterocycles. The molecule has 2 fully saturated rings. The van der Waals surface area contributed by atoms with Crippen molar-refractivity contribution in [2.24, 2.45) is 11.8 Å². The lowest BCUT2D eigenvalue weighted by atomic mass is 9.74. The Morgan fingerprint density at radius 3 is 2.59 bits per heavy atom. The van der Waals surface area contributed by atoms with Crippen LogP contribution in [0.1, 0.15) is 70.3 Å². The van der Waals surface area contributed by atoms with Crippen LogP contribution >= 0.6 is 0 Å². The highest BCUT2D eigenvalue weighted by Gasteiger charge is 2.43. The van der Waals surface area contributed by atoms with Crippen molar-refractivity contribution in [3.63, 3.8) is 0 Å². The van der Waals surface area contributed by atoms with Crippen molar-refractivity contribution in [1.82, 2.24) is 20.9 Å². The van der Waals surface area contributed by atoms with Gasteiger partial charge in [-0.1, -0.05) is 12.1 Å². The molecule has 4 N–H and O–H groups in total. The highest BCUT2D eigenvalue weighted by atomic mass is 19.3. The van der Waals surface area contributed by atoms with E-state index in [0.717, 1.165) is 6.07 Å². The number of urea groups is 1. The first kappa shape index (κ1) is 31.1. The second-order valence-electron chi connectivity index (χ2n) is 11.1. The molecule has 0 radical (unpaired) electrons. The number of halogens is 4. The van der Waals surface area contributed by atoms with E-state index in [1.54, 1.807) is 11.9 Å². The van der Waals surface area contributed by atoms with Crippen LogP contribution in [0.15, 0.2) is 18.2 Å². The van der Waals surface area contributed by atoms with Gasteiger partial charge in [0.15, 0.2) is 11.6 Å². The van der Waals surface area contributed by atoms with Crippen LogP contribution in [0.5, 0.6) is 0 Å². The van der Waals surface area contributed by atoms with Crippen LogP contribution in [-0.4, -0.2) is 67.1 Å². The Labute approximate surface area is 228 Å². The Kier molecular flexibility index (Phi) is 11.0. The Balaban J connectivity index is 1.71. The number of likely N-dealkylation sites (tertiary alicyclic amines) is 1. The summed E-state index contributed by atoms with van der Waals surface area (Å²) in [6.07, 6.45) is 2.62. The van der Waals surface area contributed by atoms with Crippen molar-refractivity contribution >= 4 is 11.9 Å². The topological polar surface area (TPSA) is 93.7 Å². The molecule has 1 unspecified atom stereocenters. The predicted molar refractivity (Wildman–Crippen MR) is 140 cm³/mol. The van der Waals surface area contributed by atoms with Gasteiger partial charge in [-0.15, -0.1) is 0 Å². The highest BCUT2D eigenvalue weighted by Crippen LogP contribution is 2.41. The number of hydrogen-bond acceptors (Lipinski definition) is 4. The largest absolute Gasteiger partial charge is 0.385 e. The van der Waals surface area contributed by atoms with E-state index in [-0.39, 0.29) is 61.8 Å². The number of rotatable bonds is 11. The molecule has 1 aromatic carbocycles. The molecule has 1 aromatic rings. The monoisotopic (exact) mass is 558 g/mol. The first-order valence-electron chi connectivity index (χ1n) is 13.9. The molecule has 11 heteroatoms. The number of carbonyl (C=O) groups excluding carboxylic acids is 2. The fourth-order valence-corrected chi connectivity index (χ4v) is 6.01. The minimum atomic E-state index is -2.61. The summed E-state index contributed by atoms with van der Waals surface area (Å²) in [6, 6.07) is 3.13. The Hall–Kier alpha value is -2.40. The molecule has 3 atom stereocenters. The average molecular weight is 559 g/mol. The molecule has 220 valence electrons. The maximum atomic E-state index is 14.9. The van der Waals surface area contributed by atoms with Gasteiger partial charge < -0.3 is 26.0 Å². The van der Waals surface area contributed by atoms with Crippen LogP contribution in [-0.2, 0) is 10.4 Å². The third kappa shape index (κ3) is 8.54. The molecule has 1 saturated heterocycles. The molecule has 0 spiro atoms. The first-order valence-corrected chi connectivity index (χ1v) is 13.9. The molecule has 2 aliphatic rings. The molecular formula is C28H42F4N4O3. The molecule has 3 rings (SSSR count). The van der Waals surface area contributed by atoms with E-state index in [1.807, 2.05) is 0 Å². The highest BCUT2D eigenvalue weighted by molar-refractivity contribution is 5.74. The standard InChI is InChI=1S/C28H42F4N4O3/c1-19(37)34-14-5-11-28(39,23-7-3-8-24(29)25(23)30)21-6-4-15-36(18-21)26(38)35-22(17-33-2)16-20-9-12-27(31,32)13-10-20/h3,7-8,20-22,33,39H,4-6,9-18H2,1-2H3,(H,34,37)(H,35,38)/t21-,22?,28+/m1/s1. The van der Waals surface area contributed by atoms with Gasteiger partial charge in [-0.25, -0.2) is 22.4 Å². The molecule has 1 aliphatic carbocycles. The zero-order valence-corrected chi connectivity index (χ0v) is 22.9. The average Bonchev–Trinajstić information content (AvgIpc) is 2.89. The van der Waals surface area contributed by atoms with Crippen molar-refractivity contribution < 1.29 is 32.3 Å². The number of likely N-dealkylation sites (N-methyl/N-ethyl adjacent to an activating group) is 1. The number of nitrogens with zero attached hydrogens (tertiary/aromatic N) is 1. The number of hydrogen-bond donors (Lipinski definition) is 4. The fraction of sp³-hybridized carbons (Fsp3) is 0.714. The number of carbonyl (C=O) groups is 2. The predicted octanol–water partition coefficient (Wildman–Crippen LogP) is 4.29. The summed E-state index contributed by atoms with van der Waals surface area (Å²) >= 11 is 0. The Morgan fingerprint density at radius 1 is 1.21 bits per heavy atom. The normalized spacial score (nSPS) is 22.1. The van der Waals surface area contributed by atoms with Crippen LogP contribution in [0.3, 0.4) is 0 Å². The molecular weight excluding hydrogens is 516 g/mol. The van der Waals surface area contributed by atoms with E-state index in [0.29, 0.717) is 51.6 Å². The zero-order valence-electron chi connectivity index (χ0n) is 22.9. The van der Waals surface area contributed by atoms with Gasteiger partial charge in [-0.3, -0.25) is 4.79 Å². The molecule has 0 bridgehead atoms. The van der Waals surface area contributed by atoms with Gasteiger partial charge >= 0.3 is 6.03 Å². The number of amides is 3. The van der Waals surface area contributed by atoms with E-state index in [1.165, 1.54) is 19.1 Å². The summed E-state index contributed by atoms with van der Waals surface area (Å²) in [5.41, 5.74) is -1.90. The van der Waals surface area contributed by atoms with Crippen molar-refractivity contribution in [3.8, 4) is 0 Å². The minimum absolute atomic E-state index is 0.0719. The lowest BCUT2D eigenvalue weighted by Gasteiger charge is -2.43. The van der Waals surface area contributed by atoms with E-state index in [4.69, 9.17) is 0 Å². The molecule has 3 amide bonds. The first-order chi connectivity index (χ1) is 18.4. The maximum absolute atomic E-state index is 14.9. The SMILES string of the molecule is CNCC(CC1CCC(F)(F)CC1)NC(=O)N1CCC[C@@H]([C@@](O)(CCCNC(C)=O)c2cccc(F)c2F)C1. The summed E-state index contributed by atoms with van der Waals surface area (Å²) < 4.78 is 56.2. The van der Waals surface area contributed by atoms with Crippen molar-refractivity contribution in [2.75, 3.05) is 33.2 Å². The van der Waals surface area contributed by atoms with Crippen LogP contribution in [0.2, 0.25) is 0 Å². The van der Waals surface area contributed by atoms with Gasteiger partial charge in [-0.2, -0.15) is 0 Å². The molecule has 1 saturated carbocycles. The molecule has 7 nitrogen and oxygen atoms in total. The van der Waals surface area contributed by atoms with Crippen LogP contribution in [0.4, 0.5) is 22.4 Å². The Morgan fingerprint density at radius 2 is 1.92 bits per heavy atom. The van der Waals surface area contributed by atoms with E-state index < -0.39 is 29.1 Å². The van der Waals surface area contributed by atoms with Gasteiger partial charge in [0.25, 0.3) is 0 Å². The van der Waals surface area contributed by atoms with Gasteiger partial charge in [0.05, 0.1) is 5.60 Å². The second-order valence-corrected chi connectivity index (χ2v) is 11.1. The lowest BCUT2D eigenvalue weighted by Crippen LogP contribution is -2.54. The van der Waals surface area contributed by atoms with Crippen LogP contribution in [0.25, 0.3) is 0 Å². The second kappa shape index (κ2) is 13.8. The smallest absolute Gasteiger partial charge is 0.317 e. The molecule has 39 heavy (non-hydrogen) atoms.